The lowest BCUT2D eigenvalue weighted by Gasteiger charge is -2.29. The number of carbonyl (C=O) groups excluding carboxylic acids is 1. The molecule has 2 aliphatic heterocycles. The van der Waals surface area contributed by atoms with Crippen molar-refractivity contribution in [3.8, 4) is 11.3 Å². The van der Waals surface area contributed by atoms with Crippen molar-refractivity contribution in [3.63, 3.8) is 0 Å². The largest absolute Gasteiger partial charge is 0.334 e. The molecule has 1 aromatic carbocycles. The van der Waals surface area contributed by atoms with Crippen molar-refractivity contribution in [2.75, 3.05) is 26.2 Å². The van der Waals surface area contributed by atoms with E-state index in [0.29, 0.717) is 29.4 Å². The van der Waals surface area contributed by atoms with Crippen LogP contribution in [0.15, 0.2) is 24.3 Å². The highest BCUT2D eigenvalue weighted by molar-refractivity contribution is 6.32. The van der Waals surface area contributed by atoms with E-state index in [4.69, 9.17) is 11.6 Å². The van der Waals surface area contributed by atoms with Crippen LogP contribution in [0.25, 0.3) is 11.3 Å². The van der Waals surface area contributed by atoms with E-state index in [0.717, 1.165) is 43.9 Å². The molecular weight excluding hydrogens is 407 g/mol. The third-order valence-electron chi connectivity index (χ3n) is 5.97. The maximum atomic E-state index is 12.9. The molecule has 1 fully saturated rings. The van der Waals surface area contributed by atoms with E-state index in [9.17, 15) is 4.79 Å². The number of halogens is 2. The molecule has 158 valence electrons. The third-order valence-corrected chi connectivity index (χ3v) is 6.23. The van der Waals surface area contributed by atoms with E-state index in [1.54, 1.807) is 0 Å². The van der Waals surface area contributed by atoms with E-state index in [-0.39, 0.29) is 18.3 Å². The number of aromatic nitrogens is 2. The molecule has 0 atom stereocenters. The normalized spacial score (nSPS) is 17.4. The average molecular weight is 437 g/mol. The zero-order valence-electron chi connectivity index (χ0n) is 17.2. The van der Waals surface area contributed by atoms with Crippen molar-refractivity contribution >= 4 is 29.9 Å². The molecule has 3 heterocycles. The minimum Gasteiger partial charge on any atom is -0.334 e. The number of carbonyl (C=O) groups is 1. The minimum absolute atomic E-state index is 0. The Labute approximate surface area is 184 Å². The van der Waals surface area contributed by atoms with E-state index in [1.807, 2.05) is 9.47 Å². The van der Waals surface area contributed by atoms with Crippen LogP contribution < -0.4 is 5.32 Å². The second kappa shape index (κ2) is 9.50. The van der Waals surface area contributed by atoms with Crippen LogP contribution in [0.4, 0.5) is 0 Å². The standard InChI is InChI=1S/C22H29ClN4O.ClH/c1-15(2)9-12-26-13-14-27-19(20(23)25-21(27)22(26)28)18-5-3-16(4-6-18)17-7-10-24-11-8-17;/h3-6,15,17,24H,7-14H2,1-2H3;1H. The SMILES string of the molecule is CC(C)CCN1CCn2c(nc(Cl)c2-c2ccc(C3CCNCC3)cc2)C1=O.Cl. The maximum Gasteiger partial charge on any atom is 0.289 e. The fourth-order valence-corrected chi connectivity index (χ4v) is 4.53. The number of nitrogens with one attached hydrogen (secondary N) is 1. The molecule has 0 unspecified atom stereocenters. The van der Waals surface area contributed by atoms with Gasteiger partial charge in [0, 0.05) is 25.2 Å². The van der Waals surface area contributed by atoms with Gasteiger partial charge in [0.1, 0.15) is 0 Å². The summed E-state index contributed by atoms with van der Waals surface area (Å²) in [5.41, 5.74) is 3.28. The van der Waals surface area contributed by atoms with Gasteiger partial charge in [-0.1, -0.05) is 49.7 Å². The van der Waals surface area contributed by atoms with Crippen molar-refractivity contribution in [2.45, 2.75) is 45.6 Å². The van der Waals surface area contributed by atoms with E-state index in [2.05, 4.69) is 48.4 Å². The first-order valence-corrected chi connectivity index (χ1v) is 10.8. The Morgan fingerprint density at radius 2 is 1.86 bits per heavy atom. The highest BCUT2D eigenvalue weighted by Crippen LogP contribution is 2.33. The van der Waals surface area contributed by atoms with Gasteiger partial charge >= 0.3 is 0 Å². The molecule has 0 aliphatic carbocycles. The molecule has 29 heavy (non-hydrogen) atoms. The van der Waals surface area contributed by atoms with Gasteiger partial charge in [-0.25, -0.2) is 4.98 Å². The molecule has 0 saturated carbocycles. The number of fused-ring (bicyclic) bond motifs is 1. The molecule has 7 heteroatoms. The van der Waals surface area contributed by atoms with Gasteiger partial charge in [0.05, 0.1) is 5.69 Å². The number of rotatable bonds is 5. The van der Waals surface area contributed by atoms with Crippen LogP contribution in [-0.2, 0) is 6.54 Å². The Bertz CT molecular complexity index is 841. The second-order valence-corrected chi connectivity index (χ2v) is 8.71. The van der Waals surface area contributed by atoms with Gasteiger partial charge in [-0.3, -0.25) is 4.79 Å². The Hall–Kier alpha value is -1.56. The van der Waals surface area contributed by atoms with Crippen molar-refractivity contribution in [2.24, 2.45) is 5.92 Å². The zero-order valence-corrected chi connectivity index (χ0v) is 18.7. The zero-order chi connectivity index (χ0) is 19.7. The van der Waals surface area contributed by atoms with Gasteiger partial charge in [0.15, 0.2) is 5.15 Å². The second-order valence-electron chi connectivity index (χ2n) is 8.35. The molecule has 0 radical (unpaired) electrons. The fourth-order valence-electron chi connectivity index (χ4n) is 4.24. The molecule has 0 bridgehead atoms. The highest BCUT2D eigenvalue weighted by atomic mass is 35.5. The Kier molecular flexibility index (Phi) is 7.25. The number of benzene rings is 1. The van der Waals surface area contributed by atoms with Crippen LogP contribution in [0.5, 0.6) is 0 Å². The van der Waals surface area contributed by atoms with Crippen LogP contribution in [0.3, 0.4) is 0 Å². The quantitative estimate of drug-likeness (QED) is 0.744. The summed E-state index contributed by atoms with van der Waals surface area (Å²) in [6.45, 7) is 8.76. The molecule has 5 nitrogen and oxygen atoms in total. The summed E-state index contributed by atoms with van der Waals surface area (Å²) in [6.07, 6.45) is 3.37. The lowest BCUT2D eigenvalue weighted by atomic mass is 9.89. The van der Waals surface area contributed by atoms with E-state index < -0.39 is 0 Å². The van der Waals surface area contributed by atoms with Gasteiger partial charge in [-0.15, -0.1) is 12.4 Å². The molecule has 1 amide bonds. The smallest absolute Gasteiger partial charge is 0.289 e. The summed E-state index contributed by atoms with van der Waals surface area (Å²) in [4.78, 5) is 19.2. The van der Waals surface area contributed by atoms with Gasteiger partial charge < -0.3 is 14.8 Å². The van der Waals surface area contributed by atoms with Crippen LogP contribution in [0.1, 0.15) is 55.2 Å². The number of hydrogen-bond donors (Lipinski definition) is 1. The summed E-state index contributed by atoms with van der Waals surface area (Å²) < 4.78 is 2.00. The van der Waals surface area contributed by atoms with E-state index in [1.165, 1.54) is 18.4 Å². The van der Waals surface area contributed by atoms with Crippen molar-refractivity contribution in [1.29, 1.82) is 0 Å². The fraction of sp³-hybridized carbons (Fsp3) is 0.545. The lowest BCUT2D eigenvalue weighted by Crippen LogP contribution is -2.41. The Morgan fingerprint density at radius 3 is 2.52 bits per heavy atom. The number of amides is 1. The molecule has 2 aliphatic rings. The number of nitrogens with zero attached hydrogens (tertiary/aromatic N) is 3. The predicted molar refractivity (Wildman–Crippen MR) is 120 cm³/mol. The van der Waals surface area contributed by atoms with Crippen LogP contribution in [0, 0.1) is 5.92 Å². The van der Waals surface area contributed by atoms with Gasteiger partial charge in [-0.05, 0) is 49.8 Å². The first-order valence-electron chi connectivity index (χ1n) is 10.4. The van der Waals surface area contributed by atoms with Crippen molar-refractivity contribution in [3.05, 3.63) is 40.8 Å². The first-order chi connectivity index (χ1) is 13.5. The van der Waals surface area contributed by atoms with Crippen LogP contribution in [0.2, 0.25) is 5.15 Å². The Balaban J connectivity index is 0.00000240. The molecule has 1 aromatic heterocycles. The summed E-state index contributed by atoms with van der Waals surface area (Å²) >= 11 is 6.49. The van der Waals surface area contributed by atoms with Gasteiger partial charge in [0.2, 0.25) is 5.82 Å². The number of hydrogen-bond acceptors (Lipinski definition) is 3. The number of piperidine rings is 1. The van der Waals surface area contributed by atoms with Gasteiger partial charge in [-0.2, -0.15) is 0 Å². The molecule has 1 saturated heterocycles. The Morgan fingerprint density at radius 1 is 1.17 bits per heavy atom. The summed E-state index contributed by atoms with van der Waals surface area (Å²) in [5.74, 6) is 1.66. The monoisotopic (exact) mass is 436 g/mol. The summed E-state index contributed by atoms with van der Waals surface area (Å²) in [5, 5.41) is 3.84. The minimum atomic E-state index is -0.00799. The molecule has 2 aromatic rings. The summed E-state index contributed by atoms with van der Waals surface area (Å²) in [7, 11) is 0. The van der Waals surface area contributed by atoms with Crippen molar-refractivity contribution < 1.29 is 4.79 Å². The highest BCUT2D eigenvalue weighted by Gasteiger charge is 2.30. The topological polar surface area (TPSA) is 50.2 Å². The number of imidazole rings is 1. The lowest BCUT2D eigenvalue weighted by molar-refractivity contribution is 0.0690. The van der Waals surface area contributed by atoms with Crippen LogP contribution >= 0.6 is 24.0 Å². The van der Waals surface area contributed by atoms with Gasteiger partial charge in [0.25, 0.3) is 5.91 Å². The third kappa shape index (κ3) is 4.62. The maximum absolute atomic E-state index is 12.9. The molecule has 1 N–H and O–H groups in total. The first kappa shape index (κ1) is 22.1. The predicted octanol–water partition coefficient (Wildman–Crippen LogP) is 4.59. The molecule has 4 rings (SSSR count). The van der Waals surface area contributed by atoms with Crippen LogP contribution in [-0.4, -0.2) is 46.5 Å². The average Bonchev–Trinajstić information content (AvgIpc) is 3.05. The summed E-state index contributed by atoms with van der Waals surface area (Å²) in [6, 6.07) is 8.68. The molecule has 0 spiro atoms. The van der Waals surface area contributed by atoms with E-state index >= 15 is 0 Å². The van der Waals surface area contributed by atoms with Crippen molar-refractivity contribution in [1.82, 2.24) is 19.8 Å². The molecular formula is C22H30Cl2N4O.